The molecule has 2 bridgehead atoms. The fraction of sp³-hybridized carbons (Fsp3) is 0.423. The van der Waals surface area contributed by atoms with Gasteiger partial charge in [0.15, 0.2) is 5.72 Å². The number of carbonyl (C=O) groups is 3. The third kappa shape index (κ3) is 4.37. The van der Waals surface area contributed by atoms with Crippen molar-refractivity contribution in [1.29, 1.82) is 0 Å². The second kappa shape index (κ2) is 9.18. The van der Waals surface area contributed by atoms with Crippen LogP contribution in [-0.2, 0) is 9.53 Å². The quantitative estimate of drug-likeness (QED) is 0.570. The third-order valence-electron chi connectivity index (χ3n) is 6.99. The lowest BCUT2D eigenvalue weighted by Crippen LogP contribution is -2.65. The first kappa shape index (κ1) is 23.7. The number of anilines is 1. The number of halogens is 1. The summed E-state index contributed by atoms with van der Waals surface area (Å²) in [7, 11) is 0. The van der Waals surface area contributed by atoms with E-state index >= 15 is 0 Å². The molecular formula is C26H28BrN3O5. The minimum absolute atomic E-state index is 0.116. The van der Waals surface area contributed by atoms with Crippen molar-refractivity contribution in [2.75, 3.05) is 24.6 Å². The Bertz CT molecular complexity index is 1180. The molecule has 8 nitrogen and oxygen atoms in total. The predicted molar refractivity (Wildman–Crippen MR) is 133 cm³/mol. The molecule has 2 unspecified atom stereocenters. The van der Waals surface area contributed by atoms with Crippen molar-refractivity contribution in [3.8, 4) is 5.75 Å². The number of hydrogen-bond donors (Lipinski definition) is 1. The van der Waals surface area contributed by atoms with Crippen molar-refractivity contribution in [1.82, 2.24) is 10.2 Å². The lowest BCUT2D eigenvalue weighted by molar-refractivity contribution is -0.149. The first-order chi connectivity index (χ1) is 16.8. The molecule has 9 heteroatoms. The summed E-state index contributed by atoms with van der Waals surface area (Å²) in [5.74, 6) is 0.260. The van der Waals surface area contributed by atoms with Gasteiger partial charge in [0.1, 0.15) is 5.75 Å². The number of carbonyl (C=O) groups excluding carboxylic acids is 3. The van der Waals surface area contributed by atoms with Gasteiger partial charge in [0.05, 0.1) is 24.3 Å². The second-order valence-corrected chi connectivity index (χ2v) is 10.3. The van der Waals surface area contributed by atoms with E-state index in [0.717, 1.165) is 15.8 Å². The normalized spacial score (nSPS) is 23.7. The molecule has 3 aliphatic heterocycles. The van der Waals surface area contributed by atoms with Crippen LogP contribution in [-0.4, -0.2) is 48.2 Å². The molecule has 2 aromatic carbocycles. The zero-order valence-corrected chi connectivity index (χ0v) is 21.3. The van der Waals surface area contributed by atoms with Gasteiger partial charge in [0, 0.05) is 35.1 Å². The number of amides is 3. The number of nitrogens with zero attached hydrogens (tertiary/aromatic N) is 2. The van der Waals surface area contributed by atoms with Crippen molar-refractivity contribution in [2.24, 2.45) is 5.92 Å². The van der Waals surface area contributed by atoms with Crippen molar-refractivity contribution < 1.29 is 23.9 Å². The Labute approximate surface area is 212 Å². The molecule has 2 aromatic rings. The molecule has 2 saturated heterocycles. The van der Waals surface area contributed by atoms with E-state index in [2.05, 4.69) is 21.2 Å². The van der Waals surface area contributed by atoms with Crippen LogP contribution >= 0.6 is 15.9 Å². The maximum Gasteiger partial charge on any atom is 0.325 e. The van der Waals surface area contributed by atoms with Gasteiger partial charge in [-0.05, 0) is 63.1 Å². The van der Waals surface area contributed by atoms with Gasteiger partial charge in [-0.15, -0.1) is 0 Å². The van der Waals surface area contributed by atoms with Crippen LogP contribution in [0.25, 0.3) is 0 Å². The van der Waals surface area contributed by atoms with E-state index < -0.39 is 5.72 Å². The summed E-state index contributed by atoms with van der Waals surface area (Å²) in [6.45, 7) is 5.04. The molecule has 0 saturated carbocycles. The van der Waals surface area contributed by atoms with Gasteiger partial charge in [-0.2, -0.15) is 0 Å². The number of fused-ring (bicyclic) bond motifs is 4. The largest absolute Gasteiger partial charge is 0.467 e. The summed E-state index contributed by atoms with van der Waals surface area (Å²) < 4.78 is 12.4. The molecule has 0 radical (unpaired) electrons. The molecule has 2 atom stereocenters. The zero-order chi connectivity index (χ0) is 24.7. The number of piperidine rings is 1. The molecule has 0 spiro atoms. The van der Waals surface area contributed by atoms with E-state index in [-0.39, 0.29) is 29.9 Å². The Morgan fingerprint density at radius 3 is 2.71 bits per heavy atom. The SMILES string of the molecule is CCOC(=O)C1CCN(C(=O)c2cccc(N3C(=O)NC4CC3(C)Oc3ccc(Br)cc34)c2)CC1. The van der Waals surface area contributed by atoms with Crippen LogP contribution in [0.2, 0.25) is 0 Å². The Morgan fingerprint density at radius 2 is 1.97 bits per heavy atom. The van der Waals surface area contributed by atoms with E-state index in [1.54, 1.807) is 34.9 Å². The number of urea groups is 1. The Kier molecular flexibility index (Phi) is 6.21. The monoisotopic (exact) mass is 541 g/mol. The highest BCUT2D eigenvalue weighted by molar-refractivity contribution is 9.10. The number of ether oxygens (including phenoxy) is 2. The first-order valence-corrected chi connectivity index (χ1v) is 12.7. The number of benzene rings is 2. The Morgan fingerprint density at radius 1 is 1.20 bits per heavy atom. The fourth-order valence-electron chi connectivity index (χ4n) is 5.28. The second-order valence-electron chi connectivity index (χ2n) is 9.37. The van der Waals surface area contributed by atoms with Crippen molar-refractivity contribution >= 4 is 39.5 Å². The van der Waals surface area contributed by atoms with E-state index in [9.17, 15) is 14.4 Å². The van der Waals surface area contributed by atoms with Crippen LogP contribution in [0.1, 0.15) is 55.1 Å². The van der Waals surface area contributed by atoms with E-state index in [1.807, 2.05) is 31.2 Å². The molecule has 1 N–H and O–H groups in total. The fourth-order valence-corrected chi connectivity index (χ4v) is 5.65. The number of nitrogens with one attached hydrogen (secondary N) is 1. The van der Waals surface area contributed by atoms with Gasteiger partial charge in [-0.3, -0.25) is 14.5 Å². The standard InChI is InChI=1S/C26H28BrN3O5/c1-3-34-24(32)16-9-11-29(12-10-16)23(31)17-5-4-6-19(13-17)30-25(33)28-21-15-26(30,2)35-22-8-7-18(27)14-20(21)22/h4-8,13-14,16,21H,3,9-12,15H2,1-2H3,(H,28,33). The smallest absolute Gasteiger partial charge is 0.325 e. The lowest BCUT2D eigenvalue weighted by atomic mass is 9.90. The molecule has 0 aliphatic carbocycles. The van der Waals surface area contributed by atoms with Crippen molar-refractivity contribution in [3.05, 3.63) is 58.1 Å². The average molecular weight is 542 g/mol. The maximum atomic E-state index is 13.3. The molecule has 184 valence electrons. The number of hydrogen-bond acceptors (Lipinski definition) is 5. The molecule has 2 fully saturated rings. The number of rotatable bonds is 4. The van der Waals surface area contributed by atoms with Gasteiger partial charge < -0.3 is 19.7 Å². The average Bonchev–Trinajstić information content (AvgIpc) is 2.84. The minimum atomic E-state index is -0.895. The van der Waals surface area contributed by atoms with Crippen molar-refractivity contribution in [3.63, 3.8) is 0 Å². The molecule has 3 aliphatic rings. The first-order valence-electron chi connectivity index (χ1n) is 11.9. The maximum absolute atomic E-state index is 13.3. The predicted octanol–water partition coefficient (Wildman–Crippen LogP) is 4.63. The van der Waals surface area contributed by atoms with Gasteiger partial charge in [-0.1, -0.05) is 22.0 Å². The number of likely N-dealkylation sites (tertiary alicyclic amines) is 1. The summed E-state index contributed by atoms with van der Waals surface area (Å²) >= 11 is 3.49. The van der Waals surface area contributed by atoms with Gasteiger partial charge in [0.2, 0.25) is 0 Å². The number of esters is 1. The van der Waals surface area contributed by atoms with Crippen LogP contribution < -0.4 is 15.0 Å². The molecule has 0 aromatic heterocycles. The van der Waals surface area contributed by atoms with E-state index in [4.69, 9.17) is 9.47 Å². The van der Waals surface area contributed by atoms with Gasteiger partial charge in [0.25, 0.3) is 5.91 Å². The van der Waals surface area contributed by atoms with Crippen molar-refractivity contribution in [2.45, 2.75) is 44.9 Å². The van der Waals surface area contributed by atoms with Crippen LogP contribution in [0.4, 0.5) is 10.5 Å². The Hall–Kier alpha value is -3.07. The highest BCUT2D eigenvalue weighted by atomic mass is 79.9. The summed E-state index contributed by atoms with van der Waals surface area (Å²) in [5, 5.41) is 3.09. The molecule has 5 rings (SSSR count). The molecular weight excluding hydrogens is 514 g/mol. The van der Waals surface area contributed by atoms with Gasteiger partial charge >= 0.3 is 12.0 Å². The van der Waals surface area contributed by atoms with Crippen LogP contribution in [0, 0.1) is 5.92 Å². The summed E-state index contributed by atoms with van der Waals surface area (Å²) in [6.07, 6.45) is 1.74. The molecule has 3 amide bonds. The van der Waals surface area contributed by atoms with E-state index in [0.29, 0.717) is 50.2 Å². The van der Waals surface area contributed by atoms with Crippen LogP contribution in [0.5, 0.6) is 5.75 Å². The summed E-state index contributed by atoms with van der Waals surface area (Å²) in [4.78, 5) is 41.9. The van der Waals surface area contributed by atoms with E-state index in [1.165, 1.54) is 0 Å². The van der Waals surface area contributed by atoms with Crippen LogP contribution in [0.15, 0.2) is 46.9 Å². The Balaban J connectivity index is 1.35. The zero-order valence-electron chi connectivity index (χ0n) is 19.8. The highest BCUT2D eigenvalue weighted by Gasteiger charge is 2.50. The summed E-state index contributed by atoms with van der Waals surface area (Å²) in [6, 6.07) is 12.5. The van der Waals surface area contributed by atoms with Gasteiger partial charge in [-0.25, -0.2) is 4.79 Å². The molecule has 35 heavy (non-hydrogen) atoms. The summed E-state index contributed by atoms with van der Waals surface area (Å²) in [5.41, 5.74) is 1.14. The minimum Gasteiger partial charge on any atom is -0.467 e. The highest BCUT2D eigenvalue weighted by Crippen LogP contribution is 2.46. The third-order valence-corrected chi connectivity index (χ3v) is 7.48. The lowest BCUT2D eigenvalue weighted by Gasteiger charge is -2.50. The van der Waals surface area contributed by atoms with Crippen LogP contribution in [0.3, 0.4) is 0 Å². The topological polar surface area (TPSA) is 88.2 Å². The molecule has 3 heterocycles.